The first-order chi connectivity index (χ1) is 10.2. The average molecular weight is 280 g/mol. The molecule has 0 aromatic heterocycles. The minimum atomic E-state index is -0.981. The Kier molecular flexibility index (Phi) is 3.33. The van der Waals surface area contributed by atoms with Gasteiger partial charge < -0.3 is 15.8 Å². The lowest BCUT2D eigenvalue weighted by molar-refractivity contribution is 0.478. The highest BCUT2D eigenvalue weighted by molar-refractivity contribution is 5.61. The second kappa shape index (κ2) is 5.30. The van der Waals surface area contributed by atoms with Gasteiger partial charge in [-0.05, 0) is 24.3 Å². The summed E-state index contributed by atoms with van der Waals surface area (Å²) in [5.74, 6) is 1.94. The first-order valence-corrected chi connectivity index (χ1v) is 6.57. The number of ether oxygens (including phenoxy) is 1. The summed E-state index contributed by atoms with van der Waals surface area (Å²) < 4.78 is 5.81. The molecule has 5 heteroatoms. The van der Waals surface area contributed by atoms with E-state index in [-0.39, 0.29) is 0 Å². The third-order valence-corrected chi connectivity index (χ3v) is 3.16. The molecule has 1 aliphatic rings. The van der Waals surface area contributed by atoms with Gasteiger partial charge in [0, 0.05) is 11.6 Å². The lowest BCUT2D eigenvalue weighted by Crippen LogP contribution is -2.39. The second-order valence-corrected chi connectivity index (χ2v) is 4.77. The van der Waals surface area contributed by atoms with Crippen molar-refractivity contribution < 1.29 is 4.74 Å². The molecule has 0 amide bonds. The lowest BCUT2D eigenvalue weighted by Gasteiger charge is -2.26. The Morgan fingerprint density at radius 3 is 2.52 bits per heavy atom. The van der Waals surface area contributed by atoms with Crippen LogP contribution in [0.5, 0.6) is 11.5 Å². The van der Waals surface area contributed by atoms with E-state index in [9.17, 15) is 0 Å². The molecule has 0 aliphatic carbocycles. The largest absolute Gasteiger partial charge is 0.457 e. The molecule has 1 heterocycles. The van der Waals surface area contributed by atoms with Crippen LogP contribution in [0.4, 0.5) is 0 Å². The molecule has 3 rings (SSSR count). The fourth-order valence-electron chi connectivity index (χ4n) is 2.12. The Hall–Kier alpha value is -2.79. The topological polar surface area (TPSA) is 85.7 Å². The molecule has 0 bridgehead atoms. The van der Waals surface area contributed by atoms with E-state index < -0.39 is 5.66 Å². The van der Waals surface area contributed by atoms with E-state index in [1.54, 1.807) is 6.08 Å². The van der Waals surface area contributed by atoms with Crippen molar-refractivity contribution in [2.75, 3.05) is 0 Å². The summed E-state index contributed by atoms with van der Waals surface area (Å²) in [6.45, 7) is 0. The highest BCUT2D eigenvalue weighted by Gasteiger charge is 2.26. The smallest absolute Gasteiger partial charge is 0.158 e. The van der Waals surface area contributed by atoms with Gasteiger partial charge in [0.15, 0.2) is 5.66 Å². The number of para-hydroxylation sites is 1. The van der Waals surface area contributed by atoms with Gasteiger partial charge in [-0.3, -0.25) is 5.73 Å². The molecule has 0 saturated carbocycles. The Balaban J connectivity index is 1.90. The molecular weight excluding hydrogens is 264 g/mol. The Morgan fingerprint density at radius 2 is 1.76 bits per heavy atom. The quantitative estimate of drug-likeness (QED) is 0.803. The van der Waals surface area contributed by atoms with E-state index in [2.05, 4.69) is 10.3 Å². The van der Waals surface area contributed by atoms with Crippen LogP contribution in [0.3, 0.4) is 0 Å². The third-order valence-electron chi connectivity index (χ3n) is 3.16. The first-order valence-electron chi connectivity index (χ1n) is 6.57. The number of benzene rings is 2. The van der Waals surface area contributed by atoms with E-state index in [0.29, 0.717) is 11.6 Å². The summed E-state index contributed by atoms with van der Waals surface area (Å²) in [5.41, 5.74) is 11.9. The normalized spacial score (nSPS) is 20.5. The van der Waals surface area contributed by atoms with E-state index in [0.717, 1.165) is 11.3 Å². The zero-order chi connectivity index (χ0) is 14.7. The van der Waals surface area contributed by atoms with Crippen molar-refractivity contribution in [3.63, 3.8) is 0 Å². The first kappa shape index (κ1) is 13.2. The van der Waals surface area contributed by atoms with E-state index in [1.807, 2.05) is 54.6 Å². The maximum absolute atomic E-state index is 6.28. The average Bonchev–Trinajstić information content (AvgIpc) is 2.48. The molecule has 0 saturated heterocycles. The highest BCUT2D eigenvalue weighted by atomic mass is 16.5. The molecule has 5 N–H and O–H groups in total. The molecule has 0 radical (unpaired) electrons. The molecular formula is C16H16N4O. The van der Waals surface area contributed by atoms with Crippen molar-refractivity contribution in [1.29, 1.82) is 0 Å². The van der Waals surface area contributed by atoms with Crippen molar-refractivity contribution >= 4 is 6.34 Å². The van der Waals surface area contributed by atoms with Crippen molar-refractivity contribution in [2.45, 2.75) is 5.66 Å². The third kappa shape index (κ3) is 2.88. The van der Waals surface area contributed by atoms with Crippen molar-refractivity contribution in [1.82, 2.24) is 5.32 Å². The van der Waals surface area contributed by atoms with Gasteiger partial charge >= 0.3 is 0 Å². The summed E-state index contributed by atoms with van der Waals surface area (Å²) in [6.07, 6.45) is 3.18. The predicted molar refractivity (Wildman–Crippen MR) is 82.7 cm³/mol. The van der Waals surface area contributed by atoms with Gasteiger partial charge in [-0.25, -0.2) is 4.99 Å². The van der Waals surface area contributed by atoms with Gasteiger partial charge in [0.05, 0.1) is 6.34 Å². The monoisotopic (exact) mass is 280 g/mol. The van der Waals surface area contributed by atoms with E-state index >= 15 is 0 Å². The van der Waals surface area contributed by atoms with E-state index in [1.165, 1.54) is 6.34 Å². The molecule has 106 valence electrons. The summed E-state index contributed by atoms with van der Waals surface area (Å²) in [4.78, 5) is 4.26. The molecule has 21 heavy (non-hydrogen) atoms. The van der Waals surface area contributed by atoms with Crippen LogP contribution < -0.4 is 21.5 Å². The molecule has 0 spiro atoms. The number of aliphatic imine (C=N–C) groups is 1. The number of nitrogens with zero attached hydrogens (tertiary/aromatic N) is 1. The number of hydrogen-bond acceptors (Lipinski definition) is 5. The van der Waals surface area contributed by atoms with Crippen LogP contribution >= 0.6 is 0 Å². The Labute approximate surface area is 122 Å². The van der Waals surface area contributed by atoms with Gasteiger partial charge in [-0.1, -0.05) is 30.3 Å². The van der Waals surface area contributed by atoms with Crippen molar-refractivity contribution in [3.8, 4) is 11.5 Å². The van der Waals surface area contributed by atoms with Crippen LogP contribution in [0.25, 0.3) is 0 Å². The van der Waals surface area contributed by atoms with Gasteiger partial charge in [0.2, 0.25) is 0 Å². The van der Waals surface area contributed by atoms with Gasteiger partial charge in [-0.15, -0.1) is 0 Å². The molecule has 0 fully saturated rings. The van der Waals surface area contributed by atoms with Crippen LogP contribution in [0.15, 0.2) is 71.5 Å². The molecule has 2 aromatic rings. The number of rotatable bonds is 3. The molecule has 1 unspecified atom stereocenters. The van der Waals surface area contributed by atoms with Gasteiger partial charge in [-0.2, -0.15) is 0 Å². The zero-order valence-corrected chi connectivity index (χ0v) is 11.4. The minimum absolute atomic E-state index is 0.474. The fraction of sp³-hybridized carbons (Fsp3) is 0.0625. The van der Waals surface area contributed by atoms with Crippen molar-refractivity contribution in [3.05, 3.63) is 72.1 Å². The van der Waals surface area contributed by atoms with Crippen LogP contribution in [-0.2, 0) is 5.66 Å². The maximum Gasteiger partial charge on any atom is 0.158 e. The van der Waals surface area contributed by atoms with E-state index in [4.69, 9.17) is 16.2 Å². The van der Waals surface area contributed by atoms with Crippen LogP contribution in [-0.4, -0.2) is 6.34 Å². The minimum Gasteiger partial charge on any atom is -0.457 e. The van der Waals surface area contributed by atoms with Crippen LogP contribution in [0.2, 0.25) is 0 Å². The number of nitrogens with two attached hydrogens (primary N) is 2. The number of nitrogens with one attached hydrogen (secondary N) is 1. The van der Waals surface area contributed by atoms with Crippen LogP contribution in [0, 0.1) is 0 Å². The fourth-order valence-corrected chi connectivity index (χ4v) is 2.12. The number of hydrogen-bond donors (Lipinski definition) is 3. The summed E-state index contributed by atoms with van der Waals surface area (Å²) in [6, 6.07) is 17.1. The molecule has 2 aromatic carbocycles. The predicted octanol–water partition coefficient (Wildman–Crippen LogP) is 2.02. The van der Waals surface area contributed by atoms with Gasteiger partial charge in [0.25, 0.3) is 0 Å². The molecule has 5 nitrogen and oxygen atoms in total. The standard InChI is InChI=1S/C16H16N4O/c17-15-10-16(18,20-11-19-15)12-5-4-8-14(9-12)21-13-6-2-1-3-7-13/h1-11H,17-18H2,(H,19,20). The summed E-state index contributed by atoms with van der Waals surface area (Å²) >= 11 is 0. The van der Waals surface area contributed by atoms with Crippen LogP contribution in [0.1, 0.15) is 5.56 Å². The second-order valence-electron chi connectivity index (χ2n) is 4.77. The highest BCUT2D eigenvalue weighted by Crippen LogP contribution is 2.28. The van der Waals surface area contributed by atoms with Crippen molar-refractivity contribution in [2.24, 2.45) is 16.5 Å². The molecule has 1 atom stereocenters. The Morgan fingerprint density at radius 1 is 1.00 bits per heavy atom. The van der Waals surface area contributed by atoms with Gasteiger partial charge in [0.1, 0.15) is 17.3 Å². The lowest BCUT2D eigenvalue weighted by atomic mass is 9.99. The summed E-state index contributed by atoms with van der Waals surface area (Å²) in [7, 11) is 0. The SMILES string of the molecule is NC1=CC(N)(c2cccc(Oc3ccccc3)c2)N=CN1. The zero-order valence-electron chi connectivity index (χ0n) is 11.4. The maximum atomic E-state index is 6.28. The summed E-state index contributed by atoms with van der Waals surface area (Å²) in [5, 5.41) is 2.80. The molecule has 1 aliphatic heterocycles. The Bertz CT molecular complexity index is 696.